The lowest BCUT2D eigenvalue weighted by Gasteiger charge is -2.24. The second-order valence-electron chi connectivity index (χ2n) is 6.58. The number of rotatable bonds is 8. The van der Waals surface area contributed by atoms with E-state index >= 15 is 0 Å². The van der Waals surface area contributed by atoms with E-state index < -0.39 is 0 Å². The first kappa shape index (κ1) is 16.4. The van der Waals surface area contributed by atoms with Gasteiger partial charge in [-0.3, -0.25) is 0 Å². The van der Waals surface area contributed by atoms with Crippen molar-refractivity contribution in [2.75, 3.05) is 13.2 Å². The molecule has 5 nitrogen and oxygen atoms in total. The molecule has 0 aromatic carbocycles. The molecule has 0 spiro atoms. The first-order chi connectivity index (χ1) is 10.1. The minimum absolute atomic E-state index is 0.313. The minimum Gasteiger partial charge on any atom is -0.367 e. The molecule has 1 aromatic heterocycles. The van der Waals surface area contributed by atoms with Gasteiger partial charge in [0.1, 0.15) is 5.60 Å². The average molecular weight is 295 g/mol. The van der Waals surface area contributed by atoms with Crippen molar-refractivity contribution in [1.82, 2.24) is 10.1 Å². The third kappa shape index (κ3) is 4.04. The first-order valence-corrected chi connectivity index (χ1v) is 8.26. The summed E-state index contributed by atoms with van der Waals surface area (Å²) in [6.45, 7) is 7.79. The predicted octanol–water partition coefficient (Wildman–Crippen LogP) is 3.04. The summed E-state index contributed by atoms with van der Waals surface area (Å²) in [5.41, 5.74) is 5.54. The molecule has 2 N–H and O–H groups in total. The summed E-state index contributed by atoms with van der Waals surface area (Å²) in [5, 5.41) is 4.20. The number of nitrogens with two attached hydrogens (primary N) is 1. The summed E-state index contributed by atoms with van der Waals surface area (Å²) in [6.07, 6.45) is 6.18. The molecule has 0 bridgehead atoms. The van der Waals surface area contributed by atoms with Gasteiger partial charge in [0, 0.05) is 13.0 Å². The van der Waals surface area contributed by atoms with Gasteiger partial charge in [0.2, 0.25) is 11.7 Å². The van der Waals surface area contributed by atoms with Crippen LogP contribution in [0.2, 0.25) is 0 Å². The lowest BCUT2D eigenvalue weighted by Crippen LogP contribution is -2.27. The molecule has 1 saturated carbocycles. The van der Waals surface area contributed by atoms with Gasteiger partial charge in [0.25, 0.3) is 0 Å². The van der Waals surface area contributed by atoms with Crippen LogP contribution in [0.25, 0.3) is 0 Å². The minimum atomic E-state index is -0.313. The third-order valence-corrected chi connectivity index (χ3v) is 4.31. The summed E-state index contributed by atoms with van der Waals surface area (Å²) < 4.78 is 11.4. The molecule has 1 heterocycles. The van der Waals surface area contributed by atoms with Crippen molar-refractivity contribution in [3.8, 4) is 0 Å². The lowest BCUT2D eigenvalue weighted by atomic mass is 9.94. The van der Waals surface area contributed by atoms with Crippen molar-refractivity contribution < 1.29 is 9.26 Å². The average Bonchev–Trinajstić information content (AvgIpc) is 3.08. The molecule has 5 heteroatoms. The second-order valence-corrected chi connectivity index (χ2v) is 6.58. The quantitative estimate of drug-likeness (QED) is 0.798. The van der Waals surface area contributed by atoms with Gasteiger partial charge < -0.3 is 15.0 Å². The molecule has 0 radical (unpaired) electrons. The Balaban J connectivity index is 2.06. The van der Waals surface area contributed by atoms with E-state index in [2.05, 4.69) is 24.0 Å². The van der Waals surface area contributed by atoms with E-state index in [0.717, 1.165) is 31.5 Å². The van der Waals surface area contributed by atoms with Gasteiger partial charge in [-0.1, -0.05) is 19.0 Å². The monoisotopic (exact) mass is 295 g/mol. The van der Waals surface area contributed by atoms with E-state index in [1.807, 2.05) is 6.92 Å². The third-order valence-electron chi connectivity index (χ3n) is 4.31. The van der Waals surface area contributed by atoms with Gasteiger partial charge in [0.15, 0.2) is 0 Å². The molecule has 0 saturated heterocycles. The Labute approximate surface area is 127 Å². The highest BCUT2D eigenvalue weighted by Gasteiger charge is 2.40. The number of hydrogen-bond donors (Lipinski definition) is 1. The first-order valence-electron chi connectivity index (χ1n) is 8.26. The Morgan fingerprint density at radius 3 is 2.62 bits per heavy atom. The van der Waals surface area contributed by atoms with Crippen LogP contribution in [0, 0.1) is 11.8 Å². The zero-order chi connectivity index (χ0) is 15.3. The zero-order valence-electron chi connectivity index (χ0n) is 13.6. The highest BCUT2D eigenvalue weighted by atomic mass is 16.5. The second kappa shape index (κ2) is 7.36. The highest BCUT2D eigenvalue weighted by molar-refractivity contribution is 5.05. The smallest absolute Gasteiger partial charge is 0.227 e. The SMILES string of the molecule is CCOC1(c2noc(CC(CN)CC(C)C)n2)CCCC1. The zero-order valence-corrected chi connectivity index (χ0v) is 13.6. The lowest BCUT2D eigenvalue weighted by molar-refractivity contribution is -0.0469. The molecule has 0 amide bonds. The van der Waals surface area contributed by atoms with E-state index in [1.54, 1.807) is 0 Å². The maximum Gasteiger partial charge on any atom is 0.227 e. The van der Waals surface area contributed by atoms with Crippen LogP contribution in [-0.4, -0.2) is 23.3 Å². The van der Waals surface area contributed by atoms with E-state index in [0.29, 0.717) is 30.9 Å². The van der Waals surface area contributed by atoms with Crippen LogP contribution in [0.4, 0.5) is 0 Å². The molecule has 1 aliphatic carbocycles. The van der Waals surface area contributed by atoms with Crippen molar-refractivity contribution in [2.45, 2.75) is 64.9 Å². The Bertz CT molecular complexity index is 425. The number of hydrogen-bond acceptors (Lipinski definition) is 5. The predicted molar refractivity (Wildman–Crippen MR) is 81.8 cm³/mol. The highest BCUT2D eigenvalue weighted by Crippen LogP contribution is 2.40. The van der Waals surface area contributed by atoms with Crippen LogP contribution >= 0.6 is 0 Å². The molecule has 1 aliphatic rings. The summed E-state index contributed by atoms with van der Waals surface area (Å²) in [6, 6.07) is 0. The van der Waals surface area contributed by atoms with Gasteiger partial charge in [-0.05, 0) is 57.4 Å². The largest absolute Gasteiger partial charge is 0.367 e. The van der Waals surface area contributed by atoms with Gasteiger partial charge >= 0.3 is 0 Å². The summed E-state index contributed by atoms with van der Waals surface area (Å²) >= 11 is 0. The van der Waals surface area contributed by atoms with Gasteiger partial charge in [-0.25, -0.2) is 0 Å². The van der Waals surface area contributed by atoms with Crippen LogP contribution in [-0.2, 0) is 16.8 Å². The van der Waals surface area contributed by atoms with Crippen LogP contribution in [0.1, 0.15) is 64.6 Å². The van der Waals surface area contributed by atoms with E-state index in [1.165, 1.54) is 12.8 Å². The van der Waals surface area contributed by atoms with Crippen LogP contribution in [0.3, 0.4) is 0 Å². The molecular formula is C16H29N3O2. The fraction of sp³-hybridized carbons (Fsp3) is 0.875. The molecule has 1 atom stereocenters. The Morgan fingerprint density at radius 2 is 2.05 bits per heavy atom. The van der Waals surface area contributed by atoms with E-state index in [4.69, 9.17) is 15.0 Å². The summed E-state index contributed by atoms with van der Waals surface area (Å²) in [5.74, 6) is 2.47. The van der Waals surface area contributed by atoms with Crippen molar-refractivity contribution in [1.29, 1.82) is 0 Å². The van der Waals surface area contributed by atoms with Crippen molar-refractivity contribution in [3.63, 3.8) is 0 Å². The van der Waals surface area contributed by atoms with E-state index in [9.17, 15) is 0 Å². The normalized spacial score (nSPS) is 19.3. The van der Waals surface area contributed by atoms with Gasteiger partial charge in [-0.2, -0.15) is 4.98 Å². The number of aromatic nitrogens is 2. The van der Waals surface area contributed by atoms with Crippen LogP contribution in [0.15, 0.2) is 4.52 Å². The topological polar surface area (TPSA) is 74.2 Å². The molecule has 0 aliphatic heterocycles. The van der Waals surface area contributed by atoms with Crippen molar-refractivity contribution >= 4 is 0 Å². The van der Waals surface area contributed by atoms with Crippen LogP contribution in [0.5, 0.6) is 0 Å². The fourth-order valence-corrected chi connectivity index (χ4v) is 3.35. The molecule has 1 unspecified atom stereocenters. The van der Waals surface area contributed by atoms with Crippen molar-refractivity contribution in [3.05, 3.63) is 11.7 Å². The molecule has 1 aromatic rings. The maximum absolute atomic E-state index is 5.98. The molecule has 120 valence electrons. The fourth-order valence-electron chi connectivity index (χ4n) is 3.35. The standard InChI is InChI=1S/C16H29N3O2/c1-4-20-16(7-5-6-8-16)15-18-14(21-19-15)10-13(11-17)9-12(2)3/h12-13H,4-11,17H2,1-3H3. The Hall–Kier alpha value is -0.940. The van der Waals surface area contributed by atoms with Crippen molar-refractivity contribution in [2.24, 2.45) is 17.6 Å². The maximum atomic E-state index is 5.98. The van der Waals surface area contributed by atoms with Crippen LogP contribution < -0.4 is 5.73 Å². The summed E-state index contributed by atoms with van der Waals surface area (Å²) in [4.78, 5) is 4.62. The molecular weight excluding hydrogens is 266 g/mol. The molecule has 1 fully saturated rings. The van der Waals surface area contributed by atoms with E-state index in [-0.39, 0.29) is 5.60 Å². The van der Waals surface area contributed by atoms with Gasteiger partial charge in [0.05, 0.1) is 0 Å². The molecule has 2 rings (SSSR count). The van der Waals surface area contributed by atoms with Gasteiger partial charge in [-0.15, -0.1) is 0 Å². The molecule has 21 heavy (non-hydrogen) atoms. The Kier molecular flexibility index (Phi) is 5.76. The summed E-state index contributed by atoms with van der Waals surface area (Å²) in [7, 11) is 0. The Morgan fingerprint density at radius 1 is 1.33 bits per heavy atom. The number of nitrogens with zero attached hydrogens (tertiary/aromatic N) is 2. The number of ether oxygens (including phenoxy) is 1.